The van der Waals surface area contributed by atoms with Crippen LogP contribution in [-0.4, -0.2) is 18.1 Å². The summed E-state index contributed by atoms with van der Waals surface area (Å²) >= 11 is 0. The summed E-state index contributed by atoms with van der Waals surface area (Å²) in [5, 5.41) is 21.4. The first-order valence-electron chi connectivity index (χ1n) is 6.90. The fraction of sp³-hybridized carbons (Fsp3) is 0.111. The Kier molecular flexibility index (Phi) is 5.00. The molecule has 0 aliphatic heterocycles. The van der Waals surface area contributed by atoms with Gasteiger partial charge in [0.2, 0.25) is 0 Å². The van der Waals surface area contributed by atoms with Crippen LogP contribution in [0.5, 0.6) is 11.5 Å². The maximum absolute atomic E-state index is 12.2. The standard InChI is InChI=1S/C18H16N2O3/c1-12-3-6-15(7-4-12)20-18(22)14(11-19)9-13-5-8-16(21)17(10-13)23-2/h3-10,21H,1-2H3,(H,20,22)/b14-9-. The van der Waals surface area contributed by atoms with Gasteiger partial charge < -0.3 is 15.2 Å². The van der Waals surface area contributed by atoms with Crippen molar-refractivity contribution >= 4 is 17.7 Å². The topological polar surface area (TPSA) is 82.3 Å². The van der Waals surface area contributed by atoms with E-state index in [-0.39, 0.29) is 17.1 Å². The number of nitrogens with one attached hydrogen (secondary N) is 1. The van der Waals surface area contributed by atoms with Gasteiger partial charge in [-0.2, -0.15) is 5.26 Å². The van der Waals surface area contributed by atoms with Crippen LogP contribution < -0.4 is 10.1 Å². The van der Waals surface area contributed by atoms with Gasteiger partial charge in [0, 0.05) is 5.69 Å². The maximum Gasteiger partial charge on any atom is 0.266 e. The van der Waals surface area contributed by atoms with Crippen molar-refractivity contribution in [3.05, 3.63) is 59.2 Å². The van der Waals surface area contributed by atoms with E-state index in [1.165, 1.54) is 19.3 Å². The van der Waals surface area contributed by atoms with Crippen molar-refractivity contribution in [3.63, 3.8) is 0 Å². The lowest BCUT2D eigenvalue weighted by Crippen LogP contribution is -2.13. The predicted octanol–water partition coefficient (Wildman–Crippen LogP) is 3.25. The molecule has 0 fully saturated rings. The van der Waals surface area contributed by atoms with E-state index < -0.39 is 5.91 Å². The Hall–Kier alpha value is -3.26. The van der Waals surface area contributed by atoms with Crippen molar-refractivity contribution in [1.82, 2.24) is 0 Å². The Bertz CT molecular complexity index is 787. The minimum atomic E-state index is -0.497. The molecule has 0 saturated heterocycles. The number of nitrogens with zero attached hydrogens (tertiary/aromatic N) is 1. The summed E-state index contributed by atoms with van der Waals surface area (Å²) in [5.74, 6) is -0.231. The molecule has 0 aliphatic carbocycles. The minimum Gasteiger partial charge on any atom is -0.504 e. The van der Waals surface area contributed by atoms with Crippen molar-refractivity contribution in [1.29, 1.82) is 5.26 Å². The average molecular weight is 308 g/mol. The number of carbonyl (C=O) groups is 1. The van der Waals surface area contributed by atoms with E-state index in [0.717, 1.165) is 5.56 Å². The molecule has 5 heteroatoms. The number of hydrogen-bond donors (Lipinski definition) is 2. The Morgan fingerprint density at radius 3 is 2.57 bits per heavy atom. The highest BCUT2D eigenvalue weighted by atomic mass is 16.5. The van der Waals surface area contributed by atoms with Gasteiger partial charge in [-0.05, 0) is 42.8 Å². The number of carbonyl (C=O) groups excluding carboxylic acids is 1. The van der Waals surface area contributed by atoms with E-state index >= 15 is 0 Å². The molecule has 5 nitrogen and oxygen atoms in total. The molecule has 2 rings (SSSR count). The molecule has 0 bridgehead atoms. The first-order chi connectivity index (χ1) is 11.0. The predicted molar refractivity (Wildman–Crippen MR) is 88.1 cm³/mol. The van der Waals surface area contributed by atoms with Crippen LogP contribution in [0.25, 0.3) is 6.08 Å². The van der Waals surface area contributed by atoms with Crippen LogP contribution in [-0.2, 0) is 4.79 Å². The van der Waals surface area contributed by atoms with Crippen molar-refractivity contribution < 1.29 is 14.6 Å². The number of phenolic OH excluding ortho intramolecular Hbond substituents is 1. The van der Waals surface area contributed by atoms with Crippen LogP contribution in [0.1, 0.15) is 11.1 Å². The van der Waals surface area contributed by atoms with Gasteiger partial charge in [-0.3, -0.25) is 4.79 Å². The molecule has 23 heavy (non-hydrogen) atoms. The van der Waals surface area contributed by atoms with Gasteiger partial charge in [0.25, 0.3) is 5.91 Å². The van der Waals surface area contributed by atoms with Crippen molar-refractivity contribution in [2.24, 2.45) is 0 Å². The summed E-state index contributed by atoms with van der Waals surface area (Å²) in [6.07, 6.45) is 1.44. The number of aryl methyl sites for hydroxylation is 1. The Morgan fingerprint density at radius 1 is 1.26 bits per heavy atom. The van der Waals surface area contributed by atoms with Gasteiger partial charge in [0.05, 0.1) is 7.11 Å². The average Bonchev–Trinajstić information content (AvgIpc) is 2.56. The second-order valence-electron chi connectivity index (χ2n) is 4.92. The van der Waals surface area contributed by atoms with Gasteiger partial charge in [-0.15, -0.1) is 0 Å². The van der Waals surface area contributed by atoms with E-state index in [1.807, 2.05) is 25.1 Å². The number of ether oxygens (including phenoxy) is 1. The van der Waals surface area contributed by atoms with Crippen LogP contribution in [0.2, 0.25) is 0 Å². The SMILES string of the molecule is COc1cc(/C=C(/C#N)C(=O)Nc2ccc(C)cc2)ccc1O. The lowest BCUT2D eigenvalue weighted by molar-refractivity contribution is -0.112. The third-order valence-electron chi connectivity index (χ3n) is 3.19. The Morgan fingerprint density at radius 2 is 1.96 bits per heavy atom. The smallest absolute Gasteiger partial charge is 0.266 e. The number of amides is 1. The first-order valence-corrected chi connectivity index (χ1v) is 6.90. The molecular weight excluding hydrogens is 292 g/mol. The molecular formula is C18H16N2O3. The summed E-state index contributed by atoms with van der Waals surface area (Å²) in [6.45, 7) is 1.95. The molecule has 0 heterocycles. The van der Waals surface area contributed by atoms with Crippen molar-refractivity contribution in [2.45, 2.75) is 6.92 Å². The molecule has 0 unspecified atom stereocenters. The number of aromatic hydroxyl groups is 1. The van der Waals surface area contributed by atoms with E-state index in [9.17, 15) is 15.2 Å². The zero-order valence-electron chi connectivity index (χ0n) is 12.8. The van der Waals surface area contributed by atoms with Crippen LogP contribution in [0, 0.1) is 18.3 Å². The number of benzene rings is 2. The van der Waals surface area contributed by atoms with Gasteiger partial charge >= 0.3 is 0 Å². The quantitative estimate of drug-likeness (QED) is 0.671. The largest absolute Gasteiger partial charge is 0.504 e. The van der Waals surface area contributed by atoms with E-state index in [1.54, 1.807) is 24.3 Å². The van der Waals surface area contributed by atoms with Crippen LogP contribution in [0.3, 0.4) is 0 Å². The molecule has 2 N–H and O–H groups in total. The van der Waals surface area contributed by atoms with E-state index in [4.69, 9.17) is 4.74 Å². The summed E-state index contributed by atoms with van der Waals surface area (Å²) in [6, 6.07) is 13.7. The van der Waals surface area contributed by atoms with E-state index in [0.29, 0.717) is 11.3 Å². The highest BCUT2D eigenvalue weighted by Gasteiger charge is 2.10. The molecule has 2 aromatic carbocycles. The van der Waals surface area contributed by atoms with Crippen LogP contribution in [0.15, 0.2) is 48.0 Å². The molecule has 0 spiro atoms. The van der Waals surface area contributed by atoms with Gasteiger partial charge in [0.1, 0.15) is 11.6 Å². The minimum absolute atomic E-state index is 0.00716. The number of phenols is 1. The monoisotopic (exact) mass is 308 g/mol. The van der Waals surface area contributed by atoms with Gasteiger partial charge in [-0.1, -0.05) is 23.8 Å². The van der Waals surface area contributed by atoms with Crippen molar-refractivity contribution in [2.75, 3.05) is 12.4 Å². The number of nitriles is 1. The molecule has 0 radical (unpaired) electrons. The molecule has 0 saturated carbocycles. The highest BCUT2D eigenvalue weighted by Crippen LogP contribution is 2.27. The van der Waals surface area contributed by atoms with Crippen LogP contribution >= 0.6 is 0 Å². The normalized spacial score (nSPS) is 10.7. The summed E-state index contributed by atoms with van der Waals surface area (Å²) < 4.78 is 5.01. The third kappa shape index (κ3) is 4.11. The number of anilines is 1. The van der Waals surface area contributed by atoms with Gasteiger partial charge in [-0.25, -0.2) is 0 Å². The van der Waals surface area contributed by atoms with Crippen LogP contribution in [0.4, 0.5) is 5.69 Å². The lowest BCUT2D eigenvalue weighted by atomic mass is 10.1. The second-order valence-corrected chi connectivity index (χ2v) is 4.92. The highest BCUT2D eigenvalue weighted by molar-refractivity contribution is 6.09. The number of rotatable bonds is 4. The number of hydrogen-bond acceptors (Lipinski definition) is 4. The number of methoxy groups -OCH3 is 1. The van der Waals surface area contributed by atoms with Gasteiger partial charge in [0.15, 0.2) is 11.5 Å². The molecule has 2 aromatic rings. The zero-order chi connectivity index (χ0) is 16.8. The molecule has 0 aromatic heterocycles. The fourth-order valence-corrected chi connectivity index (χ4v) is 1.93. The molecule has 0 atom stereocenters. The summed E-state index contributed by atoms with van der Waals surface area (Å²) in [4.78, 5) is 12.2. The fourth-order valence-electron chi connectivity index (χ4n) is 1.93. The molecule has 1 amide bonds. The Balaban J connectivity index is 2.23. The van der Waals surface area contributed by atoms with E-state index in [2.05, 4.69) is 5.32 Å². The maximum atomic E-state index is 12.2. The second kappa shape index (κ2) is 7.14. The lowest BCUT2D eigenvalue weighted by Gasteiger charge is -2.06. The summed E-state index contributed by atoms with van der Waals surface area (Å²) in [5.41, 5.74) is 2.23. The molecule has 116 valence electrons. The Labute approximate surface area is 134 Å². The summed E-state index contributed by atoms with van der Waals surface area (Å²) in [7, 11) is 1.43. The molecule has 0 aliphatic rings. The van der Waals surface area contributed by atoms with Crippen molar-refractivity contribution in [3.8, 4) is 17.6 Å². The third-order valence-corrected chi connectivity index (χ3v) is 3.19. The zero-order valence-corrected chi connectivity index (χ0v) is 12.8. The first kappa shape index (κ1) is 16.1.